The minimum Gasteiger partial charge on any atom is -0.756 e. The number of allylic oxidation sites excluding steroid dienone is 2. The van der Waals surface area contributed by atoms with E-state index in [0.29, 0.717) is 17.4 Å². The molecule has 0 saturated carbocycles. The van der Waals surface area contributed by atoms with Gasteiger partial charge in [0.05, 0.1) is 27.7 Å². The Hall–Kier alpha value is -1.25. The first-order valence-corrected chi connectivity index (χ1v) is 21.4. The molecule has 0 aromatic rings. The summed E-state index contributed by atoms with van der Waals surface area (Å²) in [7, 11) is 1.17. The van der Waals surface area contributed by atoms with Crippen LogP contribution in [0, 0.1) is 0 Å². The standard InChI is InChI=1S/C39H76NO8P/c1-6-8-10-12-14-16-18-19-20-21-22-24-25-27-29-31-38(41)45-35-37(36-47-49(43,44)46-34-33-40(3,4)5)48-39(42)32-30-28-26-23-17-15-13-11-9-7-2/h19-20,37H,6-18,21-36H2,1-5H3/b20-19+/t37-/m0/s1. The fourth-order valence-corrected chi connectivity index (χ4v) is 6.08. The van der Waals surface area contributed by atoms with E-state index in [1.165, 1.54) is 83.5 Å². The lowest BCUT2D eigenvalue weighted by Crippen LogP contribution is -2.37. The molecule has 49 heavy (non-hydrogen) atoms. The van der Waals surface area contributed by atoms with E-state index >= 15 is 0 Å². The first kappa shape index (κ1) is 47.8. The van der Waals surface area contributed by atoms with Crippen LogP contribution < -0.4 is 4.89 Å². The Balaban J connectivity index is 4.39. The highest BCUT2D eigenvalue weighted by molar-refractivity contribution is 7.45. The Morgan fingerprint density at radius 2 is 1.04 bits per heavy atom. The van der Waals surface area contributed by atoms with Crippen molar-refractivity contribution in [3.05, 3.63) is 12.2 Å². The zero-order chi connectivity index (χ0) is 36.5. The molecular weight excluding hydrogens is 641 g/mol. The number of likely N-dealkylation sites (N-methyl/N-ethyl adjacent to an activating group) is 1. The van der Waals surface area contributed by atoms with Gasteiger partial charge in [-0.25, -0.2) is 0 Å². The van der Waals surface area contributed by atoms with E-state index in [4.69, 9.17) is 18.5 Å². The zero-order valence-electron chi connectivity index (χ0n) is 32.4. The molecule has 0 heterocycles. The molecule has 0 radical (unpaired) electrons. The summed E-state index contributed by atoms with van der Waals surface area (Å²) >= 11 is 0. The van der Waals surface area contributed by atoms with Gasteiger partial charge >= 0.3 is 11.9 Å². The van der Waals surface area contributed by atoms with Gasteiger partial charge in [-0.05, 0) is 38.5 Å². The normalized spacial score (nSPS) is 13.8. The second-order valence-electron chi connectivity index (χ2n) is 14.7. The summed E-state index contributed by atoms with van der Waals surface area (Å²) in [6.45, 7) is 4.19. The van der Waals surface area contributed by atoms with Crippen LogP contribution in [0.4, 0.5) is 0 Å². The lowest BCUT2D eigenvalue weighted by atomic mass is 10.1. The highest BCUT2D eigenvalue weighted by atomic mass is 31.2. The average Bonchev–Trinajstić information content (AvgIpc) is 3.04. The maximum atomic E-state index is 12.6. The second-order valence-corrected chi connectivity index (χ2v) is 16.1. The van der Waals surface area contributed by atoms with Crippen molar-refractivity contribution in [3.8, 4) is 0 Å². The minimum absolute atomic E-state index is 0.0294. The van der Waals surface area contributed by atoms with Gasteiger partial charge in [-0.3, -0.25) is 14.2 Å². The number of esters is 2. The van der Waals surface area contributed by atoms with Crippen molar-refractivity contribution in [2.24, 2.45) is 0 Å². The summed E-state index contributed by atoms with van der Waals surface area (Å²) in [5.74, 6) is -0.842. The predicted octanol–water partition coefficient (Wildman–Crippen LogP) is 10.00. The molecular formula is C39H76NO8P. The molecule has 2 atom stereocenters. The molecule has 290 valence electrons. The molecule has 0 fully saturated rings. The summed E-state index contributed by atoms with van der Waals surface area (Å²) in [6.07, 6.45) is 30.9. The van der Waals surface area contributed by atoms with Crippen molar-refractivity contribution in [2.45, 2.75) is 180 Å². The molecule has 0 bridgehead atoms. The van der Waals surface area contributed by atoms with E-state index in [1.54, 1.807) is 0 Å². The lowest BCUT2D eigenvalue weighted by Gasteiger charge is -2.28. The van der Waals surface area contributed by atoms with E-state index in [1.807, 2.05) is 21.1 Å². The maximum Gasteiger partial charge on any atom is 0.306 e. The predicted molar refractivity (Wildman–Crippen MR) is 199 cm³/mol. The Labute approximate surface area is 301 Å². The fourth-order valence-electron chi connectivity index (χ4n) is 5.35. The van der Waals surface area contributed by atoms with Crippen molar-refractivity contribution in [3.63, 3.8) is 0 Å². The molecule has 0 amide bonds. The molecule has 10 heteroatoms. The van der Waals surface area contributed by atoms with Crippen LogP contribution in [0.3, 0.4) is 0 Å². The molecule has 9 nitrogen and oxygen atoms in total. The monoisotopic (exact) mass is 718 g/mol. The molecule has 0 aliphatic rings. The van der Waals surface area contributed by atoms with E-state index in [2.05, 4.69) is 26.0 Å². The average molecular weight is 718 g/mol. The van der Waals surface area contributed by atoms with Gasteiger partial charge in [-0.15, -0.1) is 0 Å². The molecule has 0 rings (SSSR count). The fraction of sp³-hybridized carbons (Fsp3) is 0.897. The van der Waals surface area contributed by atoms with Crippen LogP contribution in [0.1, 0.15) is 174 Å². The highest BCUT2D eigenvalue weighted by Gasteiger charge is 2.21. The minimum atomic E-state index is -4.61. The third kappa shape index (κ3) is 36.3. The Morgan fingerprint density at radius 3 is 1.51 bits per heavy atom. The van der Waals surface area contributed by atoms with Crippen LogP contribution >= 0.6 is 7.82 Å². The number of nitrogens with zero attached hydrogens (tertiary/aromatic N) is 1. The number of phosphoric acid groups is 1. The van der Waals surface area contributed by atoms with Crippen LogP contribution in [0.2, 0.25) is 0 Å². The third-order valence-corrected chi connectivity index (χ3v) is 9.50. The summed E-state index contributed by atoms with van der Waals surface area (Å²) in [6, 6.07) is 0. The maximum absolute atomic E-state index is 12.6. The number of quaternary nitrogens is 1. The summed E-state index contributed by atoms with van der Waals surface area (Å²) in [5, 5.41) is 0. The van der Waals surface area contributed by atoms with Crippen molar-refractivity contribution in [2.75, 3.05) is 47.5 Å². The lowest BCUT2D eigenvalue weighted by molar-refractivity contribution is -0.870. The Morgan fingerprint density at radius 1 is 0.612 bits per heavy atom. The molecule has 0 spiro atoms. The van der Waals surface area contributed by atoms with Crippen LogP contribution in [-0.4, -0.2) is 70.0 Å². The molecule has 1 unspecified atom stereocenters. The van der Waals surface area contributed by atoms with Crippen molar-refractivity contribution >= 4 is 19.8 Å². The van der Waals surface area contributed by atoms with Crippen LogP contribution in [-0.2, 0) is 32.7 Å². The second kappa shape index (κ2) is 32.6. The van der Waals surface area contributed by atoms with Gasteiger partial charge < -0.3 is 27.9 Å². The number of hydrogen-bond acceptors (Lipinski definition) is 8. The number of unbranched alkanes of at least 4 members (excludes halogenated alkanes) is 20. The smallest absolute Gasteiger partial charge is 0.306 e. The molecule has 0 saturated heterocycles. The van der Waals surface area contributed by atoms with Crippen molar-refractivity contribution in [1.82, 2.24) is 0 Å². The number of hydrogen-bond donors (Lipinski definition) is 0. The molecule has 0 aromatic heterocycles. The Bertz CT molecular complexity index is 860. The van der Waals surface area contributed by atoms with Gasteiger partial charge in [0, 0.05) is 12.8 Å². The Kier molecular flexibility index (Phi) is 31.8. The van der Waals surface area contributed by atoms with E-state index < -0.39 is 32.5 Å². The van der Waals surface area contributed by atoms with Crippen molar-refractivity contribution in [1.29, 1.82) is 0 Å². The van der Waals surface area contributed by atoms with E-state index in [-0.39, 0.29) is 26.1 Å². The zero-order valence-corrected chi connectivity index (χ0v) is 33.3. The van der Waals surface area contributed by atoms with Gasteiger partial charge in [0.1, 0.15) is 19.8 Å². The van der Waals surface area contributed by atoms with E-state index in [0.717, 1.165) is 57.8 Å². The SMILES string of the molecule is CCCCCCCC/C=C/CCCCCCCC(=O)OC[C@@H](COP(=O)([O-])OCC[N+](C)(C)C)OC(=O)CCCCCCCCCCCC. The first-order valence-electron chi connectivity index (χ1n) is 19.9. The quantitative estimate of drug-likeness (QED) is 0.0207. The van der Waals surface area contributed by atoms with Crippen molar-refractivity contribution < 1.29 is 42.1 Å². The van der Waals surface area contributed by atoms with E-state index in [9.17, 15) is 19.0 Å². The van der Waals surface area contributed by atoms with Gasteiger partial charge in [0.25, 0.3) is 7.82 Å². The van der Waals surface area contributed by atoms with Crippen LogP contribution in [0.15, 0.2) is 12.2 Å². The topological polar surface area (TPSA) is 111 Å². The largest absolute Gasteiger partial charge is 0.756 e. The van der Waals surface area contributed by atoms with Crippen LogP contribution in [0.5, 0.6) is 0 Å². The number of rotatable bonds is 36. The first-order chi connectivity index (χ1) is 23.5. The summed E-state index contributed by atoms with van der Waals surface area (Å²) in [4.78, 5) is 37.3. The molecule has 0 aromatic carbocycles. The molecule has 0 aliphatic heterocycles. The van der Waals surface area contributed by atoms with Gasteiger partial charge in [-0.2, -0.15) is 0 Å². The van der Waals surface area contributed by atoms with Gasteiger partial charge in [0.2, 0.25) is 0 Å². The number of ether oxygens (including phenoxy) is 2. The number of carbonyl (C=O) groups is 2. The number of phosphoric ester groups is 1. The summed E-state index contributed by atoms with van der Waals surface area (Å²) in [5.41, 5.74) is 0. The number of carbonyl (C=O) groups excluding carboxylic acids is 2. The molecule has 0 aliphatic carbocycles. The van der Waals surface area contributed by atoms with Gasteiger partial charge in [0.15, 0.2) is 6.10 Å². The van der Waals surface area contributed by atoms with Crippen LogP contribution in [0.25, 0.3) is 0 Å². The highest BCUT2D eigenvalue weighted by Crippen LogP contribution is 2.38. The van der Waals surface area contributed by atoms with Gasteiger partial charge in [-0.1, -0.05) is 135 Å². The molecule has 0 N–H and O–H groups in total. The third-order valence-electron chi connectivity index (χ3n) is 8.54. The summed E-state index contributed by atoms with van der Waals surface area (Å²) < 4.78 is 33.7.